The molecule has 0 aliphatic carbocycles. The average molecular weight is 336 g/mol. The van der Waals surface area contributed by atoms with Gasteiger partial charge in [0, 0.05) is 25.2 Å². The number of anilines is 1. The molecule has 2 amide bonds. The molecule has 0 saturated carbocycles. The largest absolute Gasteiger partial charge is 0.342 e. The lowest BCUT2D eigenvalue weighted by Crippen LogP contribution is -2.30. The van der Waals surface area contributed by atoms with Crippen LogP contribution in [0, 0.1) is 5.92 Å². The van der Waals surface area contributed by atoms with Crippen LogP contribution in [0.4, 0.5) is 5.69 Å². The smallest absolute Gasteiger partial charge is 0.229 e. The number of nitrogens with zero attached hydrogens (tertiary/aromatic N) is 1. The van der Waals surface area contributed by atoms with Crippen LogP contribution in [0.1, 0.15) is 24.5 Å². The van der Waals surface area contributed by atoms with E-state index in [-0.39, 0.29) is 17.7 Å². The minimum Gasteiger partial charge on any atom is -0.342 e. The minimum atomic E-state index is -0.270. The predicted octanol–water partition coefficient (Wildman–Crippen LogP) is 3.28. The first-order valence-electron chi connectivity index (χ1n) is 8.88. The lowest BCUT2D eigenvalue weighted by atomic mass is 10.1. The second-order valence-corrected chi connectivity index (χ2v) is 6.48. The number of para-hydroxylation sites is 1. The summed E-state index contributed by atoms with van der Waals surface area (Å²) >= 11 is 0. The van der Waals surface area contributed by atoms with Gasteiger partial charge in [0.1, 0.15) is 0 Å². The zero-order valence-electron chi connectivity index (χ0n) is 14.6. The summed E-state index contributed by atoms with van der Waals surface area (Å²) in [5.41, 5.74) is 3.17. The molecule has 0 spiro atoms. The number of amides is 2. The van der Waals surface area contributed by atoms with Crippen LogP contribution in [0.5, 0.6) is 0 Å². The first kappa shape index (κ1) is 17.2. The highest BCUT2D eigenvalue weighted by Gasteiger charge is 2.34. The monoisotopic (exact) mass is 336 g/mol. The number of rotatable bonds is 6. The van der Waals surface area contributed by atoms with Crippen LogP contribution in [0.25, 0.3) is 0 Å². The zero-order valence-corrected chi connectivity index (χ0v) is 14.6. The molecule has 25 heavy (non-hydrogen) atoms. The number of benzene rings is 2. The third-order valence-corrected chi connectivity index (χ3v) is 4.75. The SMILES string of the molecule is CCc1ccccc1NC(=O)[C@@H]1CC(=O)N(CCc2ccccc2)C1. The molecule has 1 aliphatic rings. The quantitative estimate of drug-likeness (QED) is 0.880. The Morgan fingerprint density at radius 3 is 2.60 bits per heavy atom. The van der Waals surface area contributed by atoms with Crippen molar-refractivity contribution in [2.45, 2.75) is 26.2 Å². The average Bonchev–Trinajstić information content (AvgIpc) is 3.02. The van der Waals surface area contributed by atoms with Crippen molar-refractivity contribution in [1.29, 1.82) is 0 Å². The molecule has 0 radical (unpaired) electrons. The van der Waals surface area contributed by atoms with E-state index in [4.69, 9.17) is 0 Å². The van der Waals surface area contributed by atoms with Crippen molar-refractivity contribution in [2.75, 3.05) is 18.4 Å². The molecule has 4 nitrogen and oxygen atoms in total. The van der Waals surface area contributed by atoms with E-state index in [9.17, 15) is 9.59 Å². The fourth-order valence-corrected chi connectivity index (χ4v) is 3.26. The third-order valence-electron chi connectivity index (χ3n) is 4.75. The van der Waals surface area contributed by atoms with Crippen LogP contribution in [-0.2, 0) is 22.4 Å². The molecule has 4 heteroatoms. The van der Waals surface area contributed by atoms with E-state index in [0.29, 0.717) is 19.5 Å². The number of aryl methyl sites for hydroxylation is 1. The molecule has 1 heterocycles. The summed E-state index contributed by atoms with van der Waals surface area (Å²) < 4.78 is 0. The Labute approximate surface area is 148 Å². The third kappa shape index (κ3) is 4.27. The van der Waals surface area contributed by atoms with Gasteiger partial charge in [0.25, 0.3) is 0 Å². The summed E-state index contributed by atoms with van der Waals surface area (Å²) in [5, 5.41) is 3.00. The van der Waals surface area contributed by atoms with Crippen LogP contribution < -0.4 is 5.32 Å². The topological polar surface area (TPSA) is 49.4 Å². The maximum atomic E-state index is 12.6. The highest BCUT2D eigenvalue weighted by atomic mass is 16.2. The van der Waals surface area contributed by atoms with E-state index < -0.39 is 0 Å². The Balaban J connectivity index is 1.57. The van der Waals surface area contributed by atoms with Gasteiger partial charge in [0.15, 0.2) is 0 Å². The Hall–Kier alpha value is -2.62. The van der Waals surface area contributed by atoms with E-state index in [1.54, 1.807) is 0 Å². The van der Waals surface area contributed by atoms with Crippen molar-refractivity contribution in [2.24, 2.45) is 5.92 Å². The molecule has 130 valence electrons. The van der Waals surface area contributed by atoms with E-state index in [1.807, 2.05) is 47.4 Å². The highest BCUT2D eigenvalue weighted by Crippen LogP contribution is 2.22. The molecule has 1 N–H and O–H groups in total. The van der Waals surface area contributed by atoms with Gasteiger partial charge in [-0.15, -0.1) is 0 Å². The van der Waals surface area contributed by atoms with Crippen molar-refractivity contribution >= 4 is 17.5 Å². The zero-order chi connectivity index (χ0) is 17.6. The molecular weight excluding hydrogens is 312 g/mol. The summed E-state index contributed by atoms with van der Waals surface area (Å²) in [4.78, 5) is 26.6. The fourth-order valence-electron chi connectivity index (χ4n) is 3.26. The van der Waals surface area contributed by atoms with Crippen LogP contribution >= 0.6 is 0 Å². The first-order valence-corrected chi connectivity index (χ1v) is 8.88. The van der Waals surface area contributed by atoms with Crippen LogP contribution in [0.3, 0.4) is 0 Å². The molecule has 2 aromatic carbocycles. The van der Waals surface area contributed by atoms with E-state index in [2.05, 4.69) is 24.4 Å². The van der Waals surface area contributed by atoms with E-state index >= 15 is 0 Å². The Morgan fingerprint density at radius 2 is 1.84 bits per heavy atom. The van der Waals surface area contributed by atoms with Gasteiger partial charge in [-0.3, -0.25) is 9.59 Å². The fraction of sp³-hybridized carbons (Fsp3) is 0.333. The number of carbonyl (C=O) groups excluding carboxylic acids is 2. The Kier molecular flexibility index (Phi) is 5.49. The molecule has 1 aliphatic heterocycles. The highest BCUT2D eigenvalue weighted by molar-refractivity contribution is 5.97. The van der Waals surface area contributed by atoms with Gasteiger partial charge in [-0.05, 0) is 30.0 Å². The van der Waals surface area contributed by atoms with Gasteiger partial charge in [-0.2, -0.15) is 0 Å². The lowest BCUT2D eigenvalue weighted by molar-refractivity contribution is -0.128. The summed E-state index contributed by atoms with van der Waals surface area (Å²) in [5.74, 6) is -0.260. The number of likely N-dealkylation sites (tertiary alicyclic amines) is 1. The standard InChI is InChI=1S/C21H24N2O2/c1-2-17-10-6-7-11-19(17)22-21(25)18-14-20(24)23(15-18)13-12-16-8-4-3-5-9-16/h3-11,18H,2,12-15H2,1H3,(H,22,25)/t18-/m1/s1. The summed E-state index contributed by atoms with van der Waals surface area (Å²) in [6, 6.07) is 17.9. The number of hydrogen-bond acceptors (Lipinski definition) is 2. The summed E-state index contributed by atoms with van der Waals surface area (Å²) in [6.07, 6.45) is 1.98. The molecule has 2 aromatic rings. The van der Waals surface area contributed by atoms with Crippen LogP contribution in [0.15, 0.2) is 54.6 Å². The van der Waals surface area contributed by atoms with Gasteiger partial charge >= 0.3 is 0 Å². The minimum absolute atomic E-state index is 0.0588. The van der Waals surface area contributed by atoms with Gasteiger partial charge in [0.2, 0.25) is 11.8 Å². The van der Waals surface area contributed by atoms with Crippen LogP contribution in [0.2, 0.25) is 0 Å². The van der Waals surface area contributed by atoms with E-state index in [0.717, 1.165) is 24.1 Å². The van der Waals surface area contributed by atoms with Crippen LogP contribution in [-0.4, -0.2) is 29.8 Å². The number of carbonyl (C=O) groups is 2. The maximum Gasteiger partial charge on any atom is 0.229 e. The molecule has 1 saturated heterocycles. The lowest BCUT2D eigenvalue weighted by Gasteiger charge is -2.17. The summed E-state index contributed by atoms with van der Waals surface area (Å²) in [6.45, 7) is 3.24. The second-order valence-electron chi connectivity index (χ2n) is 6.48. The Morgan fingerprint density at radius 1 is 1.12 bits per heavy atom. The van der Waals surface area contributed by atoms with Gasteiger partial charge < -0.3 is 10.2 Å². The normalized spacial score (nSPS) is 16.9. The van der Waals surface area contributed by atoms with Crippen molar-refractivity contribution in [3.63, 3.8) is 0 Å². The first-order chi connectivity index (χ1) is 12.2. The van der Waals surface area contributed by atoms with Gasteiger partial charge in [-0.1, -0.05) is 55.5 Å². The molecular formula is C21H24N2O2. The molecule has 3 rings (SSSR count). The number of nitrogens with one attached hydrogen (secondary N) is 1. The van der Waals surface area contributed by atoms with Crippen molar-refractivity contribution < 1.29 is 9.59 Å². The van der Waals surface area contributed by atoms with Gasteiger partial charge in [-0.25, -0.2) is 0 Å². The molecule has 0 bridgehead atoms. The molecule has 0 aromatic heterocycles. The summed E-state index contributed by atoms with van der Waals surface area (Å²) in [7, 11) is 0. The number of hydrogen-bond donors (Lipinski definition) is 1. The second kappa shape index (κ2) is 7.97. The maximum absolute atomic E-state index is 12.6. The van der Waals surface area contributed by atoms with Gasteiger partial charge in [0.05, 0.1) is 5.92 Å². The molecule has 1 atom stereocenters. The Bertz CT molecular complexity index is 743. The van der Waals surface area contributed by atoms with Crippen molar-refractivity contribution in [3.8, 4) is 0 Å². The molecule has 1 fully saturated rings. The predicted molar refractivity (Wildman–Crippen MR) is 99.3 cm³/mol. The van der Waals surface area contributed by atoms with E-state index in [1.165, 1.54) is 5.56 Å². The van der Waals surface area contributed by atoms with Crippen molar-refractivity contribution in [1.82, 2.24) is 4.90 Å². The van der Waals surface area contributed by atoms with Crippen molar-refractivity contribution in [3.05, 3.63) is 65.7 Å². The molecule has 0 unspecified atom stereocenters.